The molecule has 8 nitrogen and oxygen atoms in total. The first-order chi connectivity index (χ1) is 15.6. The van der Waals surface area contributed by atoms with Gasteiger partial charge in [0.2, 0.25) is 11.8 Å². The number of piperazine rings is 1. The monoisotopic (exact) mass is 445 g/mol. The Morgan fingerprint density at radius 2 is 1.44 bits per heavy atom. The lowest BCUT2D eigenvalue weighted by atomic mass is 10.2. The Labute approximate surface area is 192 Å². The fraction of sp³-hybridized carbons (Fsp3) is 0.667. The molecule has 3 rings (SSSR count). The summed E-state index contributed by atoms with van der Waals surface area (Å²) in [5.74, 6) is 0.0628. The fourth-order valence-corrected chi connectivity index (χ4v) is 4.30. The minimum absolute atomic E-state index is 0.0110. The number of amides is 2. The van der Waals surface area contributed by atoms with Crippen LogP contribution in [0.1, 0.15) is 32.1 Å². The SMILES string of the molecule is COCCCNC(=O)CN1CCN(CC(=O)Nc2ccc(N3CCCCCC3)cc2)CC1. The first-order valence-corrected chi connectivity index (χ1v) is 12.0. The lowest BCUT2D eigenvalue weighted by molar-refractivity contribution is -0.123. The molecular formula is C24H39N5O3. The molecule has 0 aliphatic carbocycles. The summed E-state index contributed by atoms with van der Waals surface area (Å²) >= 11 is 0. The van der Waals surface area contributed by atoms with Gasteiger partial charge in [-0.25, -0.2) is 0 Å². The fourth-order valence-electron chi connectivity index (χ4n) is 4.30. The number of nitrogens with zero attached hydrogens (tertiary/aromatic N) is 3. The number of carbonyl (C=O) groups excluding carboxylic acids is 2. The van der Waals surface area contributed by atoms with Crippen LogP contribution in [-0.2, 0) is 14.3 Å². The molecule has 2 heterocycles. The molecule has 0 atom stereocenters. The zero-order valence-corrected chi connectivity index (χ0v) is 19.5. The second kappa shape index (κ2) is 13.4. The van der Waals surface area contributed by atoms with Gasteiger partial charge in [0.15, 0.2) is 0 Å². The van der Waals surface area contributed by atoms with E-state index in [0.29, 0.717) is 26.2 Å². The zero-order valence-electron chi connectivity index (χ0n) is 19.5. The van der Waals surface area contributed by atoms with E-state index in [-0.39, 0.29) is 11.8 Å². The molecule has 2 N–H and O–H groups in total. The Hall–Kier alpha value is -2.16. The summed E-state index contributed by atoms with van der Waals surface area (Å²) in [5, 5.41) is 5.94. The zero-order chi connectivity index (χ0) is 22.6. The predicted octanol–water partition coefficient (Wildman–Crippen LogP) is 1.78. The first-order valence-electron chi connectivity index (χ1n) is 12.0. The van der Waals surface area contributed by atoms with Gasteiger partial charge < -0.3 is 20.3 Å². The van der Waals surface area contributed by atoms with E-state index in [1.54, 1.807) is 7.11 Å². The van der Waals surface area contributed by atoms with E-state index < -0.39 is 0 Å². The van der Waals surface area contributed by atoms with Crippen molar-refractivity contribution in [3.05, 3.63) is 24.3 Å². The lowest BCUT2D eigenvalue weighted by Gasteiger charge is -2.33. The van der Waals surface area contributed by atoms with Crippen LogP contribution in [0.5, 0.6) is 0 Å². The van der Waals surface area contributed by atoms with Gasteiger partial charge in [-0.1, -0.05) is 12.8 Å². The van der Waals surface area contributed by atoms with Crippen LogP contribution >= 0.6 is 0 Å². The quantitative estimate of drug-likeness (QED) is 0.535. The molecule has 1 aromatic carbocycles. The standard InChI is InChI=1S/C24H39N5O3/c1-32-18-6-11-25-23(30)19-27-14-16-28(17-15-27)20-24(31)26-21-7-9-22(10-8-21)29-12-4-2-3-5-13-29/h7-10H,2-6,11-20H2,1H3,(H,25,30)(H,26,31). The number of methoxy groups -OCH3 is 1. The smallest absolute Gasteiger partial charge is 0.238 e. The summed E-state index contributed by atoms with van der Waals surface area (Å²) in [5.41, 5.74) is 2.08. The van der Waals surface area contributed by atoms with Gasteiger partial charge in [-0.15, -0.1) is 0 Å². The topological polar surface area (TPSA) is 77.1 Å². The first kappa shape index (κ1) is 24.5. The van der Waals surface area contributed by atoms with Crippen LogP contribution in [0.25, 0.3) is 0 Å². The van der Waals surface area contributed by atoms with E-state index in [0.717, 1.165) is 51.4 Å². The van der Waals surface area contributed by atoms with Crippen LogP contribution in [0.2, 0.25) is 0 Å². The van der Waals surface area contributed by atoms with E-state index in [1.807, 2.05) is 12.1 Å². The van der Waals surface area contributed by atoms with Crippen molar-refractivity contribution in [1.29, 1.82) is 0 Å². The van der Waals surface area contributed by atoms with Gasteiger partial charge >= 0.3 is 0 Å². The maximum absolute atomic E-state index is 12.5. The number of anilines is 2. The van der Waals surface area contributed by atoms with Crippen molar-refractivity contribution in [3.63, 3.8) is 0 Å². The lowest BCUT2D eigenvalue weighted by Crippen LogP contribution is -2.51. The van der Waals surface area contributed by atoms with E-state index in [1.165, 1.54) is 31.4 Å². The van der Waals surface area contributed by atoms with Crippen molar-refractivity contribution in [2.45, 2.75) is 32.1 Å². The van der Waals surface area contributed by atoms with Crippen LogP contribution < -0.4 is 15.5 Å². The molecule has 0 spiro atoms. The summed E-state index contributed by atoms with van der Waals surface area (Å²) in [6.07, 6.45) is 5.98. The van der Waals surface area contributed by atoms with Gasteiger partial charge in [0.1, 0.15) is 0 Å². The Morgan fingerprint density at radius 3 is 2.03 bits per heavy atom. The molecule has 0 radical (unpaired) electrons. The third-order valence-electron chi connectivity index (χ3n) is 6.17. The maximum Gasteiger partial charge on any atom is 0.238 e. The number of rotatable bonds is 10. The summed E-state index contributed by atoms with van der Waals surface area (Å²) in [4.78, 5) is 31.2. The van der Waals surface area contributed by atoms with Crippen molar-refractivity contribution in [2.75, 3.05) is 82.8 Å². The molecule has 0 unspecified atom stereocenters. The van der Waals surface area contributed by atoms with E-state index in [2.05, 4.69) is 37.5 Å². The van der Waals surface area contributed by atoms with Gasteiger partial charge in [0, 0.05) is 70.9 Å². The molecule has 0 saturated carbocycles. The highest BCUT2D eigenvalue weighted by Gasteiger charge is 2.20. The van der Waals surface area contributed by atoms with E-state index >= 15 is 0 Å². The molecule has 0 bridgehead atoms. The Kier molecular flexibility index (Phi) is 10.3. The number of benzene rings is 1. The van der Waals surface area contributed by atoms with Crippen LogP contribution in [0.3, 0.4) is 0 Å². The van der Waals surface area contributed by atoms with Crippen LogP contribution in [0, 0.1) is 0 Å². The number of hydrogen-bond acceptors (Lipinski definition) is 6. The van der Waals surface area contributed by atoms with Crippen LogP contribution in [0.15, 0.2) is 24.3 Å². The molecule has 1 aromatic rings. The largest absolute Gasteiger partial charge is 0.385 e. The van der Waals surface area contributed by atoms with Crippen molar-refractivity contribution in [1.82, 2.24) is 15.1 Å². The summed E-state index contributed by atoms with van der Waals surface area (Å²) in [6.45, 7) is 7.50. The predicted molar refractivity (Wildman–Crippen MR) is 128 cm³/mol. The molecule has 8 heteroatoms. The van der Waals surface area contributed by atoms with Gasteiger partial charge in [-0.3, -0.25) is 19.4 Å². The number of carbonyl (C=O) groups is 2. The highest BCUT2D eigenvalue weighted by molar-refractivity contribution is 5.92. The normalized spacial score (nSPS) is 18.2. The third kappa shape index (κ3) is 8.41. The molecule has 2 aliphatic heterocycles. The molecule has 2 fully saturated rings. The average Bonchev–Trinajstić information content (AvgIpc) is 3.08. The van der Waals surface area contributed by atoms with Crippen molar-refractivity contribution < 1.29 is 14.3 Å². The molecule has 2 aliphatic rings. The summed E-state index contributed by atoms with van der Waals surface area (Å²) in [6, 6.07) is 8.22. The number of nitrogens with one attached hydrogen (secondary N) is 2. The summed E-state index contributed by atoms with van der Waals surface area (Å²) in [7, 11) is 1.66. The minimum atomic E-state index is 0.0110. The van der Waals surface area contributed by atoms with Crippen LogP contribution in [0.4, 0.5) is 11.4 Å². The maximum atomic E-state index is 12.5. The summed E-state index contributed by atoms with van der Waals surface area (Å²) < 4.78 is 4.99. The second-order valence-electron chi connectivity index (χ2n) is 8.74. The van der Waals surface area contributed by atoms with Gasteiger partial charge in [0.25, 0.3) is 0 Å². The Morgan fingerprint density at radius 1 is 0.844 bits per heavy atom. The van der Waals surface area contributed by atoms with Crippen molar-refractivity contribution >= 4 is 23.2 Å². The Balaban J connectivity index is 1.34. The minimum Gasteiger partial charge on any atom is -0.385 e. The molecule has 178 valence electrons. The van der Waals surface area contributed by atoms with E-state index in [4.69, 9.17) is 4.74 Å². The average molecular weight is 446 g/mol. The molecule has 0 aromatic heterocycles. The number of hydrogen-bond donors (Lipinski definition) is 2. The van der Waals surface area contributed by atoms with Gasteiger partial charge in [-0.05, 0) is 43.5 Å². The van der Waals surface area contributed by atoms with Crippen molar-refractivity contribution in [3.8, 4) is 0 Å². The second-order valence-corrected chi connectivity index (χ2v) is 8.74. The molecule has 32 heavy (non-hydrogen) atoms. The highest BCUT2D eigenvalue weighted by Crippen LogP contribution is 2.21. The highest BCUT2D eigenvalue weighted by atomic mass is 16.5. The van der Waals surface area contributed by atoms with Crippen LogP contribution in [-0.4, -0.2) is 94.2 Å². The molecule has 2 amide bonds. The number of ether oxygens (including phenoxy) is 1. The van der Waals surface area contributed by atoms with E-state index in [9.17, 15) is 9.59 Å². The molecular weight excluding hydrogens is 406 g/mol. The van der Waals surface area contributed by atoms with Crippen molar-refractivity contribution in [2.24, 2.45) is 0 Å². The van der Waals surface area contributed by atoms with Gasteiger partial charge in [0.05, 0.1) is 13.1 Å². The third-order valence-corrected chi connectivity index (χ3v) is 6.17. The Bertz CT molecular complexity index is 696. The molecule has 2 saturated heterocycles. The van der Waals surface area contributed by atoms with Gasteiger partial charge in [-0.2, -0.15) is 0 Å².